The maximum atomic E-state index is 11.8. The van der Waals surface area contributed by atoms with Crippen molar-refractivity contribution in [3.05, 3.63) is 24.3 Å². The number of nitrogens with one attached hydrogen (secondary N) is 1. The van der Waals surface area contributed by atoms with Crippen molar-refractivity contribution in [2.75, 3.05) is 11.9 Å². The van der Waals surface area contributed by atoms with Gasteiger partial charge in [0.1, 0.15) is 5.75 Å². The zero-order valence-corrected chi connectivity index (χ0v) is 12.0. The molecule has 18 heavy (non-hydrogen) atoms. The van der Waals surface area contributed by atoms with Gasteiger partial charge in [0.15, 0.2) is 0 Å². The van der Waals surface area contributed by atoms with E-state index in [0.717, 1.165) is 17.9 Å². The highest BCUT2D eigenvalue weighted by Crippen LogP contribution is 2.17. The topological polar surface area (TPSA) is 38.3 Å². The number of ether oxygens (including phenoxy) is 1. The first-order chi connectivity index (χ1) is 8.54. The molecule has 1 amide bonds. The van der Waals surface area contributed by atoms with Crippen LogP contribution in [0.15, 0.2) is 24.3 Å². The van der Waals surface area contributed by atoms with Crippen LogP contribution in [0.5, 0.6) is 5.75 Å². The van der Waals surface area contributed by atoms with Crippen LogP contribution in [-0.2, 0) is 4.79 Å². The molecule has 0 heterocycles. The van der Waals surface area contributed by atoms with E-state index >= 15 is 0 Å². The minimum absolute atomic E-state index is 0.0736. The van der Waals surface area contributed by atoms with Gasteiger partial charge in [-0.25, -0.2) is 0 Å². The molecule has 1 unspecified atom stereocenters. The molecule has 0 aliphatic rings. The van der Waals surface area contributed by atoms with Gasteiger partial charge in [0.2, 0.25) is 5.91 Å². The number of hydrogen-bond donors (Lipinski definition) is 2. The number of amides is 1. The maximum Gasteiger partial charge on any atom is 0.237 e. The highest BCUT2D eigenvalue weighted by molar-refractivity contribution is 7.81. The SMILES string of the molecule is CCCOc1ccc(NC(=O)C(S)C(C)C)cc1. The number of thiol groups is 1. The van der Waals surface area contributed by atoms with Crippen molar-refractivity contribution in [2.24, 2.45) is 5.92 Å². The Morgan fingerprint density at radius 2 is 1.94 bits per heavy atom. The Kier molecular flexibility index (Phi) is 6.05. The van der Waals surface area contributed by atoms with Gasteiger partial charge in [-0.1, -0.05) is 20.8 Å². The fourth-order valence-corrected chi connectivity index (χ4v) is 1.44. The van der Waals surface area contributed by atoms with E-state index in [1.807, 2.05) is 38.1 Å². The van der Waals surface area contributed by atoms with Gasteiger partial charge in [-0.2, -0.15) is 12.6 Å². The van der Waals surface area contributed by atoms with Crippen molar-refractivity contribution in [1.82, 2.24) is 0 Å². The van der Waals surface area contributed by atoms with Gasteiger partial charge in [0.05, 0.1) is 11.9 Å². The Labute approximate surface area is 114 Å². The first-order valence-electron chi connectivity index (χ1n) is 6.26. The normalized spacial score (nSPS) is 12.3. The van der Waals surface area contributed by atoms with Crippen molar-refractivity contribution < 1.29 is 9.53 Å². The molecule has 1 aromatic carbocycles. The van der Waals surface area contributed by atoms with Crippen molar-refractivity contribution in [3.63, 3.8) is 0 Å². The van der Waals surface area contributed by atoms with Crippen LogP contribution >= 0.6 is 12.6 Å². The summed E-state index contributed by atoms with van der Waals surface area (Å²) in [5.74, 6) is 0.956. The van der Waals surface area contributed by atoms with Gasteiger partial charge >= 0.3 is 0 Å². The number of rotatable bonds is 6. The molecule has 1 N–H and O–H groups in total. The standard InChI is InChI=1S/C14H21NO2S/c1-4-9-17-12-7-5-11(6-8-12)15-14(16)13(18)10(2)3/h5-8,10,13,18H,4,9H2,1-3H3,(H,15,16). The molecule has 3 nitrogen and oxygen atoms in total. The van der Waals surface area contributed by atoms with E-state index in [1.165, 1.54) is 0 Å². The Morgan fingerprint density at radius 1 is 1.33 bits per heavy atom. The number of carbonyl (C=O) groups excluding carboxylic acids is 1. The molecule has 1 aromatic rings. The van der Waals surface area contributed by atoms with Gasteiger partial charge < -0.3 is 10.1 Å². The van der Waals surface area contributed by atoms with E-state index in [0.29, 0.717) is 6.61 Å². The summed E-state index contributed by atoms with van der Waals surface area (Å²) in [4.78, 5) is 11.8. The summed E-state index contributed by atoms with van der Waals surface area (Å²) < 4.78 is 5.47. The van der Waals surface area contributed by atoms with E-state index in [1.54, 1.807) is 0 Å². The van der Waals surface area contributed by atoms with Gasteiger partial charge in [-0.3, -0.25) is 4.79 Å². The second-order valence-corrected chi connectivity index (χ2v) is 5.11. The van der Waals surface area contributed by atoms with E-state index in [-0.39, 0.29) is 17.1 Å². The van der Waals surface area contributed by atoms with Crippen molar-refractivity contribution in [3.8, 4) is 5.75 Å². The monoisotopic (exact) mass is 267 g/mol. The van der Waals surface area contributed by atoms with Crippen molar-refractivity contribution in [2.45, 2.75) is 32.4 Å². The van der Waals surface area contributed by atoms with Crippen LogP contribution in [0.3, 0.4) is 0 Å². The molecule has 4 heteroatoms. The van der Waals surface area contributed by atoms with Crippen LogP contribution in [0.2, 0.25) is 0 Å². The minimum Gasteiger partial charge on any atom is -0.494 e. The third kappa shape index (κ3) is 4.61. The summed E-state index contributed by atoms with van der Waals surface area (Å²) in [5.41, 5.74) is 0.767. The molecule has 0 radical (unpaired) electrons. The molecule has 0 saturated carbocycles. The van der Waals surface area contributed by atoms with Crippen molar-refractivity contribution in [1.29, 1.82) is 0 Å². The first-order valence-corrected chi connectivity index (χ1v) is 6.78. The largest absolute Gasteiger partial charge is 0.494 e. The lowest BCUT2D eigenvalue weighted by Gasteiger charge is -2.14. The van der Waals surface area contributed by atoms with Gasteiger partial charge in [0.25, 0.3) is 0 Å². The quantitative estimate of drug-likeness (QED) is 0.776. The highest BCUT2D eigenvalue weighted by Gasteiger charge is 2.17. The molecule has 0 fully saturated rings. The Morgan fingerprint density at radius 3 is 2.44 bits per heavy atom. The Balaban J connectivity index is 2.55. The van der Waals surface area contributed by atoms with Crippen LogP contribution in [-0.4, -0.2) is 17.8 Å². The third-order valence-corrected chi connectivity index (χ3v) is 3.33. The zero-order valence-electron chi connectivity index (χ0n) is 11.1. The van der Waals surface area contributed by atoms with Gasteiger partial charge in [-0.05, 0) is 36.6 Å². The molecule has 0 bridgehead atoms. The van der Waals surface area contributed by atoms with Crippen LogP contribution in [0.4, 0.5) is 5.69 Å². The first kappa shape index (κ1) is 14.9. The predicted molar refractivity (Wildman–Crippen MR) is 78.5 cm³/mol. The zero-order chi connectivity index (χ0) is 13.5. The predicted octanol–water partition coefficient (Wildman–Crippen LogP) is 3.37. The second-order valence-electron chi connectivity index (χ2n) is 4.55. The van der Waals surface area contributed by atoms with Crippen LogP contribution in [0, 0.1) is 5.92 Å². The van der Waals surface area contributed by atoms with Crippen LogP contribution in [0.1, 0.15) is 27.2 Å². The second kappa shape index (κ2) is 7.31. The lowest BCUT2D eigenvalue weighted by Crippen LogP contribution is -2.27. The fraction of sp³-hybridized carbons (Fsp3) is 0.500. The summed E-state index contributed by atoms with van der Waals surface area (Å²) in [6.45, 7) is 6.71. The van der Waals surface area contributed by atoms with E-state index in [9.17, 15) is 4.79 Å². The summed E-state index contributed by atoms with van der Waals surface area (Å²) >= 11 is 4.28. The molecule has 1 rings (SSSR count). The molecule has 0 aliphatic heterocycles. The summed E-state index contributed by atoms with van der Waals surface area (Å²) in [5, 5.41) is 2.54. The number of anilines is 1. The molecule has 0 saturated heterocycles. The van der Waals surface area contributed by atoms with Gasteiger partial charge in [0, 0.05) is 5.69 Å². The van der Waals surface area contributed by atoms with Crippen LogP contribution < -0.4 is 10.1 Å². The lowest BCUT2D eigenvalue weighted by molar-refractivity contribution is -0.116. The lowest BCUT2D eigenvalue weighted by atomic mass is 10.1. The molecule has 1 atom stereocenters. The summed E-state index contributed by atoms with van der Waals surface area (Å²) in [6.07, 6.45) is 0.980. The highest BCUT2D eigenvalue weighted by atomic mass is 32.1. The average Bonchev–Trinajstić information content (AvgIpc) is 2.36. The van der Waals surface area contributed by atoms with E-state index in [2.05, 4.69) is 24.9 Å². The molecule has 100 valence electrons. The molecule has 0 aromatic heterocycles. The van der Waals surface area contributed by atoms with Crippen molar-refractivity contribution >= 4 is 24.2 Å². The molecule has 0 spiro atoms. The third-order valence-electron chi connectivity index (χ3n) is 2.49. The summed E-state index contributed by atoms with van der Waals surface area (Å²) in [6, 6.07) is 7.38. The molecular weight excluding hydrogens is 246 g/mol. The Hall–Kier alpha value is -1.16. The molecular formula is C14H21NO2S. The smallest absolute Gasteiger partial charge is 0.237 e. The maximum absolute atomic E-state index is 11.8. The van der Waals surface area contributed by atoms with Crippen LogP contribution in [0.25, 0.3) is 0 Å². The van der Waals surface area contributed by atoms with E-state index in [4.69, 9.17) is 4.74 Å². The van der Waals surface area contributed by atoms with Gasteiger partial charge in [-0.15, -0.1) is 0 Å². The Bertz CT molecular complexity index is 376. The average molecular weight is 267 g/mol. The number of carbonyl (C=O) groups is 1. The number of hydrogen-bond acceptors (Lipinski definition) is 3. The fourth-order valence-electron chi connectivity index (χ4n) is 1.37. The summed E-state index contributed by atoms with van der Waals surface area (Å²) in [7, 11) is 0. The van der Waals surface area contributed by atoms with E-state index < -0.39 is 0 Å². The molecule has 0 aliphatic carbocycles. The number of benzene rings is 1. The minimum atomic E-state index is -0.291.